The molecule has 0 radical (unpaired) electrons. The number of sulfonamides is 1. The molecular formula is C36H48ClN3O5S. The van der Waals surface area contributed by atoms with E-state index in [2.05, 4.69) is 26.7 Å². The summed E-state index contributed by atoms with van der Waals surface area (Å²) in [7, 11) is -2.09. The van der Waals surface area contributed by atoms with Crippen molar-refractivity contribution in [3.8, 4) is 5.75 Å². The Morgan fingerprint density at radius 3 is 2.59 bits per heavy atom. The minimum Gasteiger partial charge on any atom is -0.487 e. The molecule has 2 bridgehead atoms. The van der Waals surface area contributed by atoms with Gasteiger partial charge in [0.15, 0.2) is 0 Å². The van der Waals surface area contributed by atoms with Crippen LogP contribution in [0.4, 0.5) is 5.69 Å². The lowest BCUT2D eigenvalue weighted by Crippen LogP contribution is -2.58. The highest BCUT2D eigenvalue weighted by Gasteiger charge is 2.48. The van der Waals surface area contributed by atoms with Crippen LogP contribution in [0.25, 0.3) is 0 Å². The molecule has 0 aromatic heterocycles. The van der Waals surface area contributed by atoms with Gasteiger partial charge < -0.3 is 19.3 Å². The van der Waals surface area contributed by atoms with E-state index in [1.165, 1.54) is 12.0 Å². The number of nitrogens with one attached hydrogen (secondary N) is 1. The van der Waals surface area contributed by atoms with Crippen LogP contribution in [0.15, 0.2) is 48.6 Å². The Labute approximate surface area is 279 Å². The Morgan fingerprint density at radius 2 is 1.87 bits per heavy atom. The molecule has 0 spiro atoms. The van der Waals surface area contributed by atoms with Crippen molar-refractivity contribution in [2.24, 2.45) is 17.8 Å². The highest BCUT2D eigenvalue weighted by atomic mass is 35.5. The quantitative estimate of drug-likeness (QED) is 0.388. The Kier molecular flexibility index (Phi) is 10.0. The third-order valence-electron chi connectivity index (χ3n) is 11.0. The molecule has 10 heteroatoms. The number of benzene rings is 2. The standard InChI is InChI=1S/C36H48ClN3O5S/c1-25-8-6-16-36(44-3,24-39-17-7-18-39)32-14-11-29(32)22-40-19-5-4-9-27-20-31(37)13-10-30(27)23-45-34-15-12-28(21-33(34)40)35(41)38-46(42,43)26(25)2/h6,10,12-13,15-16,20-21,25-26,29,32H,4-5,7-9,11,14,17-19,22-24H2,1-3H3,(H,38,41)/b16-6+/t25-,26+,29-,32+,36+/m0/s1. The van der Waals surface area contributed by atoms with Crippen LogP contribution in [0.1, 0.15) is 73.9 Å². The number of allylic oxidation sites excluding steroid dienone is 1. The van der Waals surface area contributed by atoms with Gasteiger partial charge in [-0.2, -0.15) is 0 Å². The molecule has 8 nitrogen and oxygen atoms in total. The smallest absolute Gasteiger partial charge is 0.264 e. The van der Waals surface area contributed by atoms with Gasteiger partial charge in [-0.1, -0.05) is 36.7 Å². The maximum atomic E-state index is 13.5. The number of hydrogen-bond donors (Lipinski definition) is 1. The van der Waals surface area contributed by atoms with Crippen LogP contribution in [0.2, 0.25) is 5.02 Å². The molecule has 5 atom stereocenters. The zero-order valence-electron chi connectivity index (χ0n) is 27.3. The number of likely N-dealkylation sites (tertiary alicyclic amines) is 1. The second kappa shape index (κ2) is 13.9. The maximum Gasteiger partial charge on any atom is 0.264 e. The van der Waals surface area contributed by atoms with Gasteiger partial charge in [0.2, 0.25) is 10.0 Å². The number of hydrogen-bond acceptors (Lipinski definition) is 7. The third kappa shape index (κ3) is 6.98. The number of ether oxygens (including phenoxy) is 2. The first-order valence-corrected chi connectivity index (χ1v) is 18.8. The van der Waals surface area contributed by atoms with Gasteiger partial charge in [0.25, 0.3) is 5.91 Å². The SMILES string of the molecule is CO[C@@]1(CN2CCC2)/C=C/C[C@H](C)[C@@H](C)S(=O)(=O)NC(=O)c2ccc3c(c2)N(CCCCc2cc(Cl)ccc2CO3)C[C@@H]2CC[C@H]21. The summed E-state index contributed by atoms with van der Waals surface area (Å²) in [5, 5.41) is -0.0367. The first-order valence-electron chi connectivity index (χ1n) is 16.9. The highest BCUT2D eigenvalue weighted by Crippen LogP contribution is 2.47. The molecule has 0 unspecified atom stereocenters. The molecule has 3 heterocycles. The van der Waals surface area contributed by atoms with Crippen LogP contribution < -0.4 is 14.4 Å². The topological polar surface area (TPSA) is 88.2 Å². The van der Waals surface area contributed by atoms with Crippen molar-refractivity contribution < 1.29 is 22.7 Å². The maximum absolute atomic E-state index is 13.5. The number of carbonyl (C=O) groups is 1. The van der Waals surface area contributed by atoms with Crippen molar-refractivity contribution in [2.45, 2.75) is 76.3 Å². The summed E-state index contributed by atoms with van der Waals surface area (Å²) in [6.45, 7) is 8.57. The molecule has 1 saturated heterocycles. The zero-order valence-corrected chi connectivity index (χ0v) is 28.9. The summed E-state index contributed by atoms with van der Waals surface area (Å²) in [6, 6.07) is 11.3. The van der Waals surface area contributed by atoms with Crippen molar-refractivity contribution in [3.63, 3.8) is 0 Å². The first kappa shape index (κ1) is 33.3. The summed E-state index contributed by atoms with van der Waals surface area (Å²) >= 11 is 6.37. The van der Waals surface area contributed by atoms with Gasteiger partial charge in [0.1, 0.15) is 18.0 Å². The minimum absolute atomic E-state index is 0.195. The normalized spacial score (nSPS) is 31.0. The lowest BCUT2D eigenvalue weighted by molar-refractivity contribution is -0.0984. The molecule has 1 saturated carbocycles. The summed E-state index contributed by atoms with van der Waals surface area (Å²) in [5.41, 5.74) is 2.96. The van der Waals surface area contributed by atoms with E-state index in [-0.39, 0.29) is 5.92 Å². The van der Waals surface area contributed by atoms with E-state index in [1.54, 1.807) is 13.0 Å². The monoisotopic (exact) mass is 669 g/mol. The van der Waals surface area contributed by atoms with Gasteiger partial charge in [0.05, 0.1) is 10.9 Å². The minimum atomic E-state index is -3.92. The van der Waals surface area contributed by atoms with Crippen molar-refractivity contribution >= 4 is 33.2 Å². The zero-order chi connectivity index (χ0) is 32.5. The Hall–Kier alpha value is -2.59. The van der Waals surface area contributed by atoms with E-state index in [1.807, 2.05) is 44.4 Å². The number of carbonyl (C=O) groups excluding carboxylic acids is 1. The molecule has 1 aliphatic carbocycles. The van der Waals surface area contributed by atoms with Gasteiger partial charge in [-0.15, -0.1) is 0 Å². The highest BCUT2D eigenvalue weighted by molar-refractivity contribution is 7.90. The fraction of sp³-hybridized carbons (Fsp3) is 0.583. The molecule has 2 fully saturated rings. The van der Waals surface area contributed by atoms with Gasteiger partial charge in [-0.25, -0.2) is 13.1 Å². The van der Waals surface area contributed by atoms with Crippen molar-refractivity contribution in [2.75, 3.05) is 44.7 Å². The van der Waals surface area contributed by atoms with Crippen molar-refractivity contribution in [1.82, 2.24) is 9.62 Å². The molecule has 6 rings (SSSR count). The van der Waals surface area contributed by atoms with Crippen LogP contribution in [0, 0.1) is 17.8 Å². The van der Waals surface area contributed by atoms with Crippen LogP contribution in [0.5, 0.6) is 5.75 Å². The molecule has 2 aromatic rings. The van der Waals surface area contributed by atoms with Crippen LogP contribution in [-0.4, -0.2) is 69.9 Å². The summed E-state index contributed by atoms with van der Waals surface area (Å²) in [4.78, 5) is 18.3. The van der Waals surface area contributed by atoms with Crippen LogP contribution in [0.3, 0.4) is 0 Å². The largest absolute Gasteiger partial charge is 0.487 e. The number of methoxy groups -OCH3 is 1. The number of amides is 1. The van der Waals surface area contributed by atoms with Gasteiger partial charge >= 0.3 is 0 Å². The average molecular weight is 670 g/mol. The predicted molar refractivity (Wildman–Crippen MR) is 183 cm³/mol. The summed E-state index contributed by atoms with van der Waals surface area (Å²) in [6.07, 6.45) is 11.2. The molecule has 1 amide bonds. The van der Waals surface area contributed by atoms with Crippen LogP contribution in [-0.2, 0) is 27.8 Å². The Bertz CT molecular complexity index is 1560. The molecule has 2 aromatic carbocycles. The average Bonchev–Trinajstić information content (AvgIpc) is 3.02. The van der Waals surface area contributed by atoms with Gasteiger partial charge in [-0.3, -0.25) is 4.79 Å². The number of aryl methyl sites for hydroxylation is 1. The second-order valence-electron chi connectivity index (χ2n) is 13.8. The van der Waals surface area contributed by atoms with E-state index in [0.717, 1.165) is 81.1 Å². The second-order valence-corrected chi connectivity index (χ2v) is 16.3. The van der Waals surface area contributed by atoms with Crippen LogP contribution >= 0.6 is 11.6 Å². The Morgan fingerprint density at radius 1 is 1.04 bits per heavy atom. The molecule has 4 aliphatic rings. The van der Waals surface area contributed by atoms with E-state index >= 15 is 0 Å². The lowest BCUT2D eigenvalue weighted by atomic mass is 9.63. The van der Waals surface area contributed by atoms with Gasteiger partial charge in [0, 0.05) is 37.3 Å². The lowest BCUT2D eigenvalue weighted by Gasteiger charge is -2.52. The Balaban J connectivity index is 1.41. The predicted octanol–water partition coefficient (Wildman–Crippen LogP) is 6.22. The van der Waals surface area contributed by atoms with Crippen molar-refractivity contribution in [3.05, 3.63) is 70.3 Å². The number of halogens is 1. The third-order valence-corrected chi connectivity index (χ3v) is 13.1. The molecule has 3 aliphatic heterocycles. The van der Waals surface area contributed by atoms with E-state index < -0.39 is 26.8 Å². The molecule has 250 valence electrons. The number of rotatable bonds is 3. The van der Waals surface area contributed by atoms with Crippen molar-refractivity contribution in [1.29, 1.82) is 0 Å². The number of fused-ring (bicyclic) bond motifs is 3. The fourth-order valence-corrected chi connectivity index (χ4v) is 9.00. The fourth-order valence-electron chi connectivity index (χ4n) is 7.52. The first-order chi connectivity index (χ1) is 22.1. The molecule has 46 heavy (non-hydrogen) atoms. The number of nitrogens with zero attached hydrogens (tertiary/aromatic N) is 2. The number of anilines is 1. The molecule has 1 N–H and O–H groups in total. The molecular weight excluding hydrogens is 622 g/mol. The van der Waals surface area contributed by atoms with E-state index in [9.17, 15) is 13.2 Å². The van der Waals surface area contributed by atoms with E-state index in [0.29, 0.717) is 36.2 Å². The summed E-state index contributed by atoms with van der Waals surface area (Å²) in [5.74, 6) is 0.577. The van der Waals surface area contributed by atoms with E-state index in [4.69, 9.17) is 21.1 Å². The summed E-state index contributed by atoms with van der Waals surface area (Å²) < 4.78 is 42.2. The van der Waals surface area contributed by atoms with Gasteiger partial charge in [-0.05, 0) is 124 Å².